The average molecular weight is 515 g/mol. The minimum atomic E-state index is -0.0270. The highest BCUT2D eigenvalue weighted by atomic mass is 79.9. The van der Waals surface area contributed by atoms with E-state index in [9.17, 15) is 4.79 Å². The van der Waals surface area contributed by atoms with Crippen LogP contribution < -0.4 is 15.6 Å². The van der Waals surface area contributed by atoms with Crippen molar-refractivity contribution in [3.05, 3.63) is 44.9 Å². The first-order valence-corrected chi connectivity index (χ1v) is 12.5. The number of anilines is 2. The third kappa shape index (κ3) is 5.19. The monoisotopic (exact) mass is 514 g/mol. The Bertz CT molecular complexity index is 1150. The van der Waals surface area contributed by atoms with Gasteiger partial charge in [-0.05, 0) is 66.5 Å². The Kier molecular flexibility index (Phi) is 7.60. The fraction of sp³-hybridized carbons (Fsp3) is 0.500. The molecule has 4 rings (SSSR count). The number of aryl methyl sites for hydroxylation is 1. The van der Waals surface area contributed by atoms with E-state index in [1.54, 1.807) is 12.4 Å². The normalized spacial score (nSPS) is 14.3. The van der Waals surface area contributed by atoms with E-state index in [4.69, 9.17) is 9.72 Å². The van der Waals surface area contributed by atoms with Gasteiger partial charge >= 0.3 is 0 Å². The molecule has 0 amide bonds. The summed E-state index contributed by atoms with van der Waals surface area (Å²) in [7, 11) is 0. The number of nitrogens with zero attached hydrogens (tertiary/aromatic N) is 5. The predicted molar refractivity (Wildman–Crippen MR) is 135 cm³/mol. The SMILES string of the molecule is CCN(CC)CCOc1ccc(Nc2ncc3c(C)c(Br)c(=O)n(C4CCCC4)c3n2)nc1. The molecule has 3 heterocycles. The number of pyridine rings is 2. The molecule has 9 heteroatoms. The van der Waals surface area contributed by atoms with Crippen molar-refractivity contribution in [2.45, 2.75) is 52.5 Å². The summed E-state index contributed by atoms with van der Waals surface area (Å²) in [6.45, 7) is 9.74. The highest BCUT2D eigenvalue weighted by molar-refractivity contribution is 9.10. The van der Waals surface area contributed by atoms with Crippen LogP contribution in [0.5, 0.6) is 5.75 Å². The van der Waals surface area contributed by atoms with E-state index in [2.05, 4.69) is 50.0 Å². The van der Waals surface area contributed by atoms with Gasteiger partial charge < -0.3 is 15.0 Å². The molecule has 1 saturated carbocycles. The summed E-state index contributed by atoms with van der Waals surface area (Å²) in [4.78, 5) is 29.0. The molecule has 3 aromatic heterocycles. The first-order chi connectivity index (χ1) is 16.0. The fourth-order valence-corrected chi connectivity index (χ4v) is 4.75. The van der Waals surface area contributed by atoms with Gasteiger partial charge in [-0.15, -0.1) is 0 Å². The van der Waals surface area contributed by atoms with Crippen LogP contribution in [0.25, 0.3) is 11.0 Å². The number of fused-ring (bicyclic) bond motifs is 1. The van der Waals surface area contributed by atoms with Crippen molar-refractivity contribution < 1.29 is 4.74 Å². The molecule has 1 fully saturated rings. The maximum atomic E-state index is 13.1. The highest BCUT2D eigenvalue weighted by Gasteiger charge is 2.23. The molecule has 1 aliphatic rings. The summed E-state index contributed by atoms with van der Waals surface area (Å²) < 4.78 is 8.23. The summed E-state index contributed by atoms with van der Waals surface area (Å²) in [6, 6.07) is 3.90. The first-order valence-electron chi connectivity index (χ1n) is 11.7. The van der Waals surface area contributed by atoms with E-state index in [-0.39, 0.29) is 11.6 Å². The third-order valence-corrected chi connectivity index (χ3v) is 7.31. The number of hydrogen-bond acceptors (Lipinski definition) is 7. The molecule has 1 aliphatic carbocycles. The number of ether oxygens (including phenoxy) is 1. The van der Waals surface area contributed by atoms with Gasteiger partial charge in [0.1, 0.15) is 23.8 Å². The molecule has 176 valence electrons. The maximum absolute atomic E-state index is 13.1. The van der Waals surface area contributed by atoms with Gasteiger partial charge in [0.05, 0.1) is 10.7 Å². The number of aromatic nitrogens is 4. The van der Waals surface area contributed by atoms with Crippen LogP contribution in [-0.4, -0.2) is 50.7 Å². The number of rotatable bonds is 9. The Balaban J connectivity index is 1.54. The largest absolute Gasteiger partial charge is 0.491 e. The van der Waals surface area contributed by atoms with Gasteiger partial charge in [0.15, 0.2) is 0 Å². The Hall–Kier alpha value is -2.52. The topological polar surface area (TPSA) is 85.2 Å². The van der Waals surface area contributed by atoms with Crippen molar-refractivity contribution >= 4 is 38.7 Å². The molecule has 0 spiro atoms. The summed E-state index contributed by atoms with van der Waals surface area (Å²) in [5.74, 6) is 1.76. The van der Waals surface area contributed by atoms with Gasteiger partial charge in [-0.1, -0.05) is 26.7 Å². The van der Waals surface area contributed by atoms with Crippen molar-refractivity contribution in [3.8, 4) is 5.75 Å². The van der Waals surface area contributed by atoms with Crippen molar-refractivity contribution in [2.75, 3.05) is 31.6 Å². The van der Waals surface area contributed by atoms with E-state index in [0.29, 0.717) is 28.5 Å². The van der Waals surface area contributed by atoms with Crippen LogP contribution in [0, 0.1) is 6.92 Å². The van der Waals surface area contributed by atoms with Crippen molar-refractivity contribution in [3.63, 3.8) is 0 Å². The zero-order chi connectivity index (χ0) is 23.4. The second-order valence-corrected chi connectivity index (χ2v) is 9.16. The molecular formula is C24H31BrN6O2. The molecule has 0 unspecified atom stereocenters. The van der Waals surface area contributed by atoms with Crippen LogP contribution in [-0.2, 0) is 0 Å². The lowest BCUT2D eigenvalue weighted by Gasteiger charge is -2.18. The van der Waals surface area contributed by atoms with Crippen molar-refractivity contribution in [1.29, 1.82) is 0 Å². The van der Waals surface area contributed by atoms with Gasteiger partial charge in [-0.3, -0.25) is 9.36 Å². The van der Waals surface area contributed by atoms with Crippen LogP contribution in [0.4, 0.5) is 11.8 Å². The second kappa shape index (κ2) is 10.6. The number of nitrogens with one attached hydrogen (secondary N) is 1. The van der Waals surface area contributed by atoms with E-state index >= 15 is 0 Å². The minimum absolute atomic E-state index is 0.0270. The van der Waals surface area contributed by atoms with E-state index in [1.165, 1.54) is 0 Å². The first kappa shape index (κ1) is 23.6. The summed E-state index contributed by atoms with van der Waals surface area (Å²) in [5, 5.41) is 4.04. The van der Waals surface area contributed by atoms with Crippen LogP contribution in [0.2, 0.25) is 0 Å². The van der Waals surface area contributed by atoms with Crippen LogP contribution in [0.3, 0.4) is 0 Å². The van der Waals surface area contributed by atoms with Crippen LogP contribution in [0.15, 0.2) is 33.8 Å². The summed E-state index contributed by atoms with van der Waals surface area (Å²) in [5.41, 5.74) is 1.50. The molecule has 8 nitrogen and oxygen atoms in total. The standard InChI is InChI=1S/C24H31BrN6O2/c1-4-30(5-2)12-13-33-18-10-11-20(26-14-18)28-24-27-15-19-16(3)21(25)23(32)31(22(19)29-24)17-8-6-7-9-17/h10-11,14-15,17H,4-9,12-13H2,1-3H3,(H,26,27,28,29). The van der Waals surface area contributed by atoms with E-state index in [0.717, 1.165) is 62.0 Å². The molecule has 0 aromatic carbocycles. The van der Waals surface area contributed by atoms with Crippen LogP contribution >= 0.6 is 15.9 Å². The molecule has 0 aliphatic heterocycles. The Morgan fingerprint density at radius 2 is 1.94 bits per heavy atom. The Labute approximate surface area is 202 Å². The van der Waals surface area contributed by atoms with E-state index < -0.39 is 0 Å². The highest BCUT2D eigenvalue weighted by Crippen LogP contribution is 2.32. The average Bonchev–Trinajstić information content (AvgIpc) is 3.36. The Morgan fingerprint density at radius 3 is 2.61 bits per heavy atom. The van der Waals surface area contributed by atoms with E-state index in [1.807, 2.05) is 23.6 Å². The molecule has 0 radical (unpaired) electrons. The molecule has 0 saturated heterocycles. The van der Waals surface area contributed by atoms with Gasteiger partial charge in [-0.25, -0.2) is 9.97 Å². The number of halogens is 1. The zero-order valence-electron chi connectivity index (χ0n) is 19.5. The van der Waals surface area contributed by atoms with Crippen molar-refractivity contribution in [2.24, 2.45) is 0 Å². The molecule has 3 aromatic rings. The van der Waals surface area contributed by atoms with Gasteiger partial charge in [-0.2, -0.15) is 4.98 Å². The lowest BCUT2D eigenvalue weighted by molar-refractivity contribution is 0.222. The Morgan fingerprint density at radius 1 is 1.18 bits per heavy atom. The molecule has 33 heavy (non-hydrogen) atoms. The quantitative estimate of drug-likeness (QED) is 0.437. The number of hydrogen-bond donors (Lipinski definition) is 1. The van der Waals surface area contributed by atoms with Gasteiger partial charge in [0.25, 0.3) is 5.56 Å². The lowest BCUT2D eigenvalue weighted by atomic mass is 10.1. The summed E-state index contributed by atoms with van der Waals surface area (Å²) in [6.07, 6.45) is 7.73. The minimum Gasteiger partial charge on any atom is -0.491 e. The summed E-state index contributed by atoms with van der Waals surface area (Å²) >= 11 is 3.48. The van der Waals surface area contributed by atoms with Gasteiger partial charge in [0, 0.05) is 24.2 Å². The number of likely N-dealkylation sites (N-methyl/N-ethyl adjacent to an activating group) is 1. The third-order valence-electron chi connectivity index (χ3n) is 6.37. The maximum Gasteiger partial charge on any atom is 0.267 e. The zero-order valence-corrected chi connectivity index (χ0v) is 21.1. The molecule has 1 N–H and O–H groups in total. The van der Waals surface area contributed by atoms with Crippen molar-refractivity contribution in [1.82, 2.24) is 24.4 Å². The van der Waals surface area contributed by atoms with Gasteiger partial charge in [0.2, 0.25) is 5.95 Å². The molecule has 0 bridgehead atoms. The molecule has 0 atom stereocenters. The predicted octanol–water partition coefficient (Wildman–Crippen LogP) is 4.84. The second-order valence-electron chi connectivity index (χ2n) is 8.36. The van der Waals surface area contributed by atoms with Crippen LogP contribution in [0.1, 0.15) is 51.1 Å². The lowest BCUT2D eigenvalue weighted by Crippen LogP contribution is -2.27. The smallest absolute Gasteiger partial charge is 0.267 e. The molecular weight excluding hydrogens is 484 g/mol. The fourth-order valence-electron chi connectivity index (χ4n) is 4.35.